The number of ether oxygens (including phenoxy) is 3. The minimum Gasteiger partial charge on any atom is -0.469 e. The van der Waals surface area contributed by atoms with Gasteiger partial charge in [0.05, 0.1) is 19.3 Å². The van der Waals surface area contributed by atoms with E-state index in [1.54, 1.807) is 0 Å². The van der Waals surface area contributed by atoms with E-state index in [9.17, 15) is 9.90 Å². The van der Waals surface area contributed by atoms with E-state index in [4.69, 9.17) is 9.47 Å². The predicted molar refractivity (Wildman–Crippen MR) is 124 cm³/mol. The minimum atomic E-state index is -0.240. The van der Waals surface area contributed by atoms with Crippen LogP contribution in [0.2, 0.25) is 0 Å². The van der Waals surface area contributed by atoms with Crippen molar-refractivity contribution in [3.05, 3.63) is 24.3 Å². The van der Waals surface area contributed by atoms with Gasteiger partial charge < -0.3 is 19.3 Å². The van der Waals surface area contributed by atoms with Crippen LogP contribution in [0.25, 0.3) is 0 Å². The molecule has 1 unspecified atom stereocenters. The van der Waals surface area contributed by atoms with Gasteiger partial charge in [-0.05, 0) is 69.6 Å². The van der Waals surface area contributed by atoms with Crippen molar-refractivity contribution in [2.45, 2.75) is 109 Å². The average molecular weight is 437 g/mol. The highest BCUT2D eigenvalue weighted by Crippen LogP contribution is 2.36. The van der Waals surface area contributed by atoms with Gasteiger partial charge in [0.25, 0.3) is 0 Å². The summed E-state index contributed by atoms with van der Waals surface area (Å²) >= 11 is 0. The Kier molecular flexibility index (Phi) is 13.1. The number of aliphatic hydroxyl groups excluding tert-OH is 1. The van der Waals surface area contributed by atoms with Crippen molar-refractivity contribution in [3.63, 3.8) is 0 Å². The van der Waals surface area contributed by atoms with Crippen LogP contribution in [0.5, 0.6) is 0 Å². The van der Waals surface area contributed by atoms with E-state index in [1.165, 1.54) is 32.8 Å². The van der Waals surface area contributed by atoms with Crippen LogP contribution < -0.4 is 0 Å². The van der Waals surface area contributed by atoms with Crippen molar-refractivity contribution >= 4 is 5.97 Å². The van der Waals surface area contributed by atoms with Gasteiger partial charge in [-0.3, -0.25) is 4.79 Å². The van der Waals surface area contributed by atoms with Crippen molar-refractivity contribution in [2.75, 3.05) is 13.7 Å². The highest BCUT2D eigenvalue weighted by atomic mass is 16.7. The SMILES string of the molecule is CCCCC[C@@H](C=C[C@H]1CC[C@@H](O)[C@@H]1CC=CCCCC(=O)OC)OC1CCCCO1. The fourth-order valence-electron chi connectivity index (χ4n) is 4.57. The molecular weight excluding hydrogens is 392 g/mol. The minimum absolute atomic E-state index is 0.0667. The second-order valence-electron chi connectivity index (χ2n) is 9.00. The lowest BCUT2D eigenvalue weighted by Gasteiger charge is -2.27. The lowest BCUT2D eigenvalue weighted by atomic mass is 9.90. The average Bonchev–Trinajstić information content (AvgIpc) is 3.14. The van der Waals surface area contributed by atoms with Crippen molar-refractivity contribution in [3.8, 4) is 0 Å². The molecule has 1 aliphatic carbocycles. The van der Waals surface area contributed by atoms with Crippen LogP contribution >= 0.6 is 0 Å². The smallest absolute Gasteiger partial charge is 0.305 e. The normalized spacial score (nSPS) is 27.8. The molecule has 1 saturated heterocycles. The van der Waals surface area contributed by atoms with Gasteiger partial charge in [-0.25, -0.2) is 0 Å². The van der Waals surface area contributed by atoms with E-state index in [-0.39, 0.29) is 30.4 Å². The lowest BCUT2D eigenvalue weighted by Crippen LogP contribution is -2.27. The van der Waals surface area contributed by atoms with Crippen LogP contribution in [-0.4, -0.2) is 43.3 Å². The highest BCUT2D eigenvalue weighted by Gasteiger charge is 2.32. The molecular formula is C26H44O5. The third kappa shape index (κ3) is 10.3. The maximum absolute atomic E-state index is 11.2. The maximum Gasteiger partial charge on any atom is 0.305 e. The van der Waals surface area contributed by atoms with Crippen LogP contribution in [-0.2, 0) is 19.0 Å². The van der Waals surface area contributed by atoms with Gasteiger partial charge >= 0.3 is 5.97 Å². The standard InChI is InChI=1S/C26H44O5/c1-3-4-7-12-22(31-26-15-10-11-20-30-26)18-16-21-17-19-24(27)23(21)13-8-5-6-9-14-25(28)29-2/h5,8,16,18,21-24,26-27H,3-4,6-7,9-15,17,19-20H2,1-2H3/t21-,22-,23+,24+,26?/m0/s1. The summed E-state index contributed by atoms with van der Waals surface area (Å²) < 4.78 is 16.8. The van der Waals surface area contributed by atoms with Gasteiger partial charge in [0.1, 0.15) is 0 Å². The van der Waals surface area contributed by atoms with Crippen molar-refractivity contribution in [1.29, 1.82) is 0 Å². The molecule has 2 aliphatic rings. The third-order valence-corrected chi connectivity index (χ3v) is 6.52. The van der Waals surface area contributed by atoms with E-state index >= 15 is 0 Å². The third-order valence-electron chi connectivity index (χ3n) is 6.52. The Labute approximate surface area is 189 Å². The Hall–Kier alpha value is -1.17. The Morgan fingerprint density at radius 1 is 1.16 bits per heavy atom. The van der Waals surface area contributed by atoms with Gasteiger partial charge in [-0.1, -0.05) is 50.5 Å². The van der Waals surface area contributed by atoms with Gasteiger partial charge in [-0.2, -0.15) is 0 Å². The second kappa shape index (κ2) is 15.6. The highest BCUT2D eigenvalue weighted by molar-refractivity contribution is 5.69. The molecule has 5 atom stereocenters. The molecule has 0 amide bonds. The first kappa shape index (κ1) is 26.1. The molecule has 1 N–H and O–H groups in total. The summed E-state index contributed by atoms with van der Waals surface area (Å²) in [5, 5.41) is 10.5. The van der Waals surface area contributed by atoms with Gasteiger partial charge in [0.2, 0.25) is 0 Å². The molecule has 5 nitrogen and oxygen atoms in total. The molecule has 0 spiro atoms. The number of rotatable bonds is 14. The fraction of sp³-hybridized carbons (Fsp3) is 0.808. The zero-order valence-corrected chi connectivity index (χ0v) is 19.7. The molecule has 1 aliphatic heterocycles. The number of carbonyl (C=O) groups is 1. The fourth-order valence-corrected chi connectivity index (χ4v) is 4.57. The van der Waals surface area contributed by atoms with Crippen molar-refractivity contribution in [1.82, 2.24) is 0 Å². The molecule has 2 fully saturated rings. The molecule has 2 rings (SSSR count). The first-order chi connectivity index (χ1) is 15.1. The summed E-state index contributed by atoms with van der Waals surface area (Å²) in [6.07, 6.45) is 21.5. The summed E-state index contributed by atoms with van der Waals surface area (Å²) in [5.74, 6) is 0.494. The number of carbonyl (C=O) groups excluding carboxylic acids is 1. The van der Waals surface area contributed by atoms with Crippen LogP contribution in [0, 0.1) is 11.8 Å². The molecule has 31 heavy (non-hydrogen) atoms. The lowest BCUT2D eigenvalue weighted by molar-refractivity contribution is -0.179. The molecule has 0 aromatic heterocycles. The van der Waals surface area contributed by atoms with E-state index in [0.717, 1.165) is 58.0 Å². The first-order valence-corrected chi connectivity index (χ1v) is 12.5. The quantitative estimate of drug-likeness (QED) is 0.215. The maximum atomic E-state index is 11.2. The van der Waals surface area contributed by atoms with Crippen LogP contribution in [0.1, 0.15) is 90.4 Å². The Morgan fingerprint density at radius 2 is 2.03 bits per heavy atom. The number of allylic oxidation sites excluding steroid dienone is 3. The van der Waals surface area contributed by atoms with Gasteiger partial charge in [0.15, 0.2) is 6.29 Å². The Bertz CT molecular complexity index is 538. The number of aliphatic hydroxyl groups is 1. The Morgan fingerprint density at radius 3 is 2.77 bits per heavy atom. The number of unbranched alkanes of at least 4 members (excludes halogenated alkanes) is 3. The topological polar surface area (TPSA) is 65.0 Å². The number of hydrogen-bond donors (Lipinski definition) is 1. The molecule has 5 heteroatoms. The number of methoxy groups -OCH3 is 1. The number of esters is 1. The van der Waals surface area contributed by atoms with E-state index in [1.807, 2.05) is 0 Å². The summed E-state index contributed by atoms with van der Waals surface area (Å²) in [6, 6.07) is 0. The van der Waals surface area contributed by atoms with Crippen LogP contribution in [0.3, 0.4) is 0 Å². The molecule has 1 saturated carbocycles. The van der Waals surface area contributed by atoms with Crippen molar-refractivity contribution in [2.24, 2.45) is 11.8 Å². The van der Waals surface area contributed by atoms with E-state index < -0.39 is 0 Å². The first-order valence-electron chi connectivity index (χ1n) is 12.5. The van der Waals surface area contributed by atoms with Gasteiger partial charge in [0, 0.05) is 13.0 Å². The molecule has 1 heterocycles. The molecule has 0 radical (unpaired) electrons. The molecule has 0 aromatic rings. The largest absolute Gasteiger partial charge is 0.469 e. The zero-order valence-electron chi connectivity index (χ0n) is 19.7. The Balaban J connectivity index is 1.83. The second-order valence-corrected chi connectivity index (χ2v) is 9.00. The summed E-state index contributed by atoms with van der Waals surface area (Å²) in [7, 11) is 1.43. The number of hydrogen-bond acceptors (Lipinski definition) is 5. The van der Waals surface area contributed by atoms with Crippen LogP contribution in [0.15, 0.2) is 24.3 Å². The molecule has 0 bridgehead atoms. The van der Waals surface area contributed by atoms with E-state index in [2.05, 4.69) is 36.0 Å². The molecule has 0 aromatic carbocycles. The van der Waals surface area contributed by atoms with Crippen molar-refractivity contribution < 1.29 is 24.1 Å². The zero-order chi connectivity index (χ0) is 22.3. The van der Waals surface area contributed by atoms with Gasteiger partial charge in [-0.15, -0.1) is 0 Å². The summed E-state index contributed by atoms with van der Waals surface area (Å²) in [4.78, 5) is 11.2. The molecule has 178 valence electrons. The summed E-state index contributed by atoms with van der Waals surface area (Å²) in [5.41, 5.74) is 0. The van der Waals surface area contributed by atoms with E-state index in [0.29, 0.717) is 12.3 Å². The summed E-state index contributed by atoms with van der Waals surface area (Å²) in [6.45, 7) is 3.03. The van der Waals surface area contributed by atoms with Crippen LogP contribution in [0.4, 0.5) is 0 Å². The monoisotopic (exact) mass is 436 g/mol. The predicted octanol–water partition coefficient (Wildman–Crippen LogP) is 5.71.